The van der Waals surface area contributed by atoms with Crippen molar-refractivity contribution in [3.8, 4) is 22.8 Å². The van der Waals surface area contributed by atoms with E-state index in [4.69, 9.17) is 9.47 Å². The summed E-state index contributed by atoms with van der Waals surface area (Å²) >= 11 is 0. The second kappa shape index (κ2) is 8.80. The number of nitrogens with one attached hydrogen (secondary N) is 1. The van der Waals surface area contributed by atoms with Gasteiger partial charge in [-0.05, 0) is 63.2 Å². The van der Waals surface area contributed by atoms with Crippen molar-refractivity contribution in [3.63, 3.8) is 0 Å². The minimum atomic E-state index is -9.80. The zero-order chi connectivity index (χ0) is 26.8. The van der Waals surface area contributed by atoms with Gasteiger partial charge in [0, 0.05) is 42.7 Å². The lowest BCUT2D eigenvalue weighted by molar-refractivity contribution is 0.0526. The molecule has 7 nitrogen and oxygen atoms in total. The Morgan fingerprint density at radius 3 is 2.31 bits per heavy atom. The molecule has 1 amide bonds. The van der Waals surface area contributed by atoms with Gasteiger partial charge in [-0.25, -0.2) is 9.78 Å². The van der Waals surface area contributed by atoms with Crippen molar-refractivity contribution in [1.82, 2.24) is 14.9 Å². The molecule has 0 bridgehead atoms. The van der Waals surface area contributed by atoms with Crippen LogP contribution in [0.4, 0.5) is 24.2 Å². The van der Waals surface area contributed by atoms with Crippen LogP contribution in [0.5, 0.6) is 11.6 Å². The fourth-order valence-electron chi connectivity index (χ4n) is 3.03. The highest BCUT2D eigenvalue weighted by atomic mass is 32.5. The Balaban J connectivity index is 1.80. The first-order chi connectivity index (χ1) is 16.4. The van der Waals surface area contributed by atoms with Crippen LogP contribution >= 0.6 is 10.2 Å². The zero-order valence-electron chi connectivity index (χ0n) is 19.5. The molecule has 3 aromatic rings. The highest BCUT2D eigenvalue weighted by Gasteiger charge is 2.65. The van der Waals surface area contributed by atoms with Crippen LogP contribution in [0.15, 0.2) is 70.6 Å². The summed E-state index contributed by atoms with van der Waals surface area (Å²) < 4.78 is 76.8. The van der Waals surface area contributed by atoms with Crippen LogP contribution in [0, 0.1) is 0 Å². The van der Waals surface area contributed by atoms with Gasteiger partial charge in [-0.1, -0.05) is 19.4 Å². The van der Waals surface area contributed by atoms with Crippen molar-refractivity contribution in [3.05, 3.63) is 71.3 Å². The molecule has 0 aliphatic heterocycles. The van der Waals surface area contributed by atoms with Gasteiger partial charge in [-0.3, -0.25) is 4.79 Å². The summed E-state index contributed by atoms with van der Waals surface area (Å²) in [6.45, 7) is 5.38. The number of rotatable bonds is 7. The molecule has 0 radical (unpaired) electrons. The number of aromatic nitrogens is 2. The van der Waals surface area contributed by atoms with E-state index in [9.17, 15) is 29.0 Å². The van der Waals surface area contributed by atoms with E-state index >= 15 is 0 Å². The average molecular weight is 534 g/mol. The van der Waals surface area contributed by atoms with Crippen molar-refractivity contribution in [2.45, 2.75) is 37.8 Å². The number of hydrogen-bond donors (Lipinski definition) is 1. The molecule has 0 aliphatic carbocycles. The second-order valence-electron chi connectivity index (χ2n) is 8.78. The first-order valence-corrected chi connectivity index (χ1v) is 12.5. The van der Waals surface area contributed by atoms with Crippen molar-refractivity contribution in [2.75, 3.05) is 6.54 Å². The third kappa shape index (κ3) is 7.44. The molecule has 0 spiro atoms. The molecule has 3 rings (SSSR count). The molecule has 0 saturated heterocycles. The third-order valence-electron chi connectivity index (χ3n) is 4.57. The minimum Gasteiger partial charge on any atom is -0.444 e. The van der Waals surface area contributed by atoms with E-state index in [0.29, 0.717) is 11.1 Å². The number of benzene rings is 1. The molecule has 0 saturated carbocycles. The quantitative estimate of drug-likeness (QED) is 0.335. The SMILES string of the molecule is CC(C)(C)OC(=O)NCCn1cc(-c2cccnc2Oc2ccc(S(F)(F)(F)(F)F)cc2)ccc1=O. The van der Waals surface area contributed by atoms with Crippen LogP contribution in [-0.2, 0) is 11.3 Å². The molecule has 196 valence electrons. The smallest absolute Gasteiger partial charge is 0.407 e. The molecule has 36 heavy (non-hydrogen) atoms. The van der Waals surface area contributed by atoms with Gasteiger partial charge in [0.15, 0.2) is 0 Å². The number of amides is 1. The van der Waals surface area contributed by atoms with Crippen molar-refractivity contribution in [1.29, 1.82) is 0 Å². The fourth-order valence-corrected chi connectivity index (χ4v) is 3.68. The first kappa shape index (κ1) is 27.0. The lowest BCUT2D eigenvalue weighted by Gasteiger charge is -2.40. The molecular formula is C23H24F5N3O4S. The Bertz CT molecular complexity index is 1320. The monoisotopic (exact) mass is 533 g/mol. The number of ether oxygens (including phenoxy) is 2. The number of nitrogens with zero attached hydrogens (tertiary/aromatic N) is 2. The number of carbonyl (C=O) groups is 1. The normalized spacial score (nSPS) is 13.9. The van der Waals surface area contributed by atoms with E-state index in [1.165, 1.54) is 29.1 Å². The van der Waals surface area contributed by atoms with Crippen LogP contribution in [-0.4, -0.2) is 27.8 Å². The van der Waals surface area contributed by atoms with Gasteiger partial charge in [0.2, 0.25) is 5.88 Å². The largest absolute Gasteiger partial charge is 0.444 e. The summed E-state index contributed by atoms with van der Waals surface area (Å²) in [7, 11) is -9.80. The van der Waals surface area contributed by atoms with Crippen molar-refractivity contribution >= 4 is 16.3 Å². The van der Waals surface area contributed by atoms with Gasteiger partial charge in [-0.15, -0.1) is 0 Å². The third-order valence-corrected chi connectivity index (χ3v) is 5.73. The summed E-state index contributed by atoms with van der Waals surface area (Å²) in [4.78, 5) is 26.1. The molecule has 0 fully saturated rings. The summed E-state index contributed by atoms with van der Waals surface area (Å²) in [5, 5.41) is 2.55. The highest BCUT2D eigenvalue weighted by molar-refractivity contribution is 8.45. The lowest BCUT2D eigenvalue weighted by atomic mass is 10.1. The molecule has 13 heteroatoms. The van der Waals surface area contributed by atoms with E-state index in [-0.39, 0.29) is 42.4 Å². The van der Waals surface area contributed by atoms with E-state index in [0.717, 1.165) is 12.1 Å². The van der Waals surface area contributed by atoms with Gasteiger partial charge in [0.05, 0.1) is 0 Å². The Morgan fingerprint density at radius 1 is 1.03 bits per heavy atom. The Hall–Kier alpha value is -3.61. The molecule has 2 heterocycles. The van der Waals surface area contributed by atoms with Crippen molar-refractivity contribution in [2.24, 2.45) is 0 Å². The van der Waals surface area contributed by atoms with E-state index < -0.39 is 26.8 Å². The number of halogens is 5. The maximum atomic E-state index is 13.0. The summed E-state index contributed by atoms with van der Waals surface area (Å²) in [6.07, 6.45) is 2.24. The molecule has 2 aromatic heterocycles. The molecular weight excluding hydrogens is 509 g/mol. The maximum absolute atomic E-state index is 13.0. The molecule has 1 N–H and O–H groups in total. The Labute approximate surface area is 203 Å². The van der Waals surface area contributed by atoms with Crippen LogP contribution in [0.2, 0.25) is 0 Å². The summed E-state index contributed by atoms with van der Waals surface area (Å²) in [5.74, 6) is -0.162. The first-order valence-electron chi connectivity index (χ1n) is 10.6. The minimum absolute atomic E-state index is 0.0188. The van der Waals surface area contributed by atoms with Crippen LogP contribution < -0.4 is 15.6 Å². The van der Waals surface area contributed by atoms with Gasteiger partial charge in [0.25, 0.3) is 5.56 Å². The number of pyridine rings is 2. The number of carbonyl (C=O) groups excluding carboxylic acids is 1. The number of alkyl carbamates (subject to hydrolysis) is 1. The maximum Gasteiger partial charge on any atom is 0.407 e. The second-order valence-corrected chi connectivity index (χ2v) is 11.2. The lowest BCUT2D eigenvalue weighted by Crippen LogP contribution is -2.35. The average Bonchev–Trinajstić information content (AvgIpc) is 2.73. The topological polar surface area (TPSA) is 82.4 Å². The predicted molar refractivity (Wildman–Crippen MR) is 126 cm³/mol. The van der Waals surface area contributed by atoms with Crippen LogP contribution in [0.25, 0.3) is 11.1 Å². The molecule has 0 aliphatic rings. The van der Waals surface area contributed by atoms with Crippen LogP contribution in [0.3, 0.4) is 0 Å². The standard InChI is InChI=1S/C23H24F5N3O4S/c1-23(2,3)35-22(33)30-13-14-31-15-16(6-11-20(31)32)19-5-4-12-29-21(19)34-17-7-9-18(10-8-17)36(24,25,26,27)28/h4-12,15H,13-14H2,1-3H3,(H,30,33). The zero-order valence-corrected chi connectivity index (χ0v) is 20.3. The van der Waals surface area contributed by atoms with Gasteiger partial charge in [-0.2, -0.15) is 0 Å². The summed E-state index contributed by atoms with van der Waals surface area (Å²) in [6, 6.07) is 8.02. The molecule has 1 aromatic carbocycles. The van der Waals surface area contributed by atoms with Crippen molar-refractivity contribution < 1.29 is 33.7 Å². The highest BCUT2D eigenvalue weighted by Crippen LogP contribution is 3.02. The van der Waals surface area contributed by atoms with E-state index in [1.54, 1.807) is 32.9 Å². The van der Waals surface area contributed by atoms with E-state index in [2.05, 4.69) is 10.3 Å². The Kier molecular flexibility index (Phi) is 6.60. The van der Waals surface area contributed by atoms with Gasteiger partial charge in [0.1, 0.15) is 16.2 Å². The number of hydrogen-bond acceptors (Lipinski definition) is 5. The fraction of sp³-hybridized carbons (Fsp3) is 0.261. The summed E-state index contributed by atoms with van der Waals surface area (Å²) in [5.41, 5.74) is -0.142. The Morgan fingerprint density at radius 2 is 1.69 bits per heavy atom. The molecule has 0 unspecified atom stereocenters. The van der Waals surface area contributed by atoms with Gasteiger partial charge >= 0.3 is 16.3 Å². The predicted octanol–water partition coefficient (Wildman–Crippen LogP) is 6.88. The van der Waals surface area contributed by atoms with E-state index in [1.807, 2.05) is 0 Å². The van der Waals surface area contributed by atoms with Crippen LogP contribution in [0.1, 0.15) is 20.8 Å². The molecule has 0 atom stereocenters. The van der Waals surface area contributed by atoms with Gasteiger partial charge < -0.3 is 19.4 Å².